The molecule has 0 saturated carbocycles. The van der Waals surface area contributed by atoms with Gasteiger partial charge in [0.1, 0.15) is 5.82 Å². The van der Waals surface area contributed by atoms with Gasteiger partial charge in [0.15, 0.2) is 5.16 Å². The summed E-state index contributed by atoms with van der Waals surface area (Å²) in [6.45, 7) is 5.98. The zero-order valence-corrected chi connectivity index (χ0v) is 17.7. The largest absolute Gasteiger partial charge is 0.361 e. The van der Waals surface area contributed by atoms with Gasteiger partial charge >= 0.3 is 0 Å². The van der Waals surface area contributed by atoms with Gasteiger partial charge in [0.2, 0.25) is 5.91 Å². The Labute approximate surface area is 170 Å². The molecule has 0 spiro atoms. The lowest BCUT2D eigenvalue weighted by atomic mass is 10.1. The van der Waals surface area contributed by atoms with Crippen LogP contribution in [-0.4, -0.2) is 38.5 Å². The Morgan fingerprint density at radius 1 is 1.25 bits per heavy atom. The Bertz CT molecular complexity index is 915. The van der Waals surface area contributed by atoms with Crippen LogP contribution in [0.15, 0.2) is 35.6 Å². The number of H-pyrrole nitrogens is 1. The molecule has 3 rings (SSSR count). The molecule has 1 aromatic carbocycles. The van der Waals surface area contributed by atoms with E-state index in [-0.39, 0.29) is 5.91 Å². The molecule has 7 heteroatoms. The fourth-order valence-corrected chi connectivity index (χ4v) is 3.88. The molecule has 28 heavy (non-hydrogen) atoms. The van der Waals surface area contributed by atoms with E-state index in [1.54, 1.807) is 11.8 Å². The van der Waals surface area contributed by atoms with Crippen molar-refractivity contribution in [3.8, 4) is 0 Å². The molecule has 0 atom stereocenters. The molecule has 0 aliphatic carbocycles. The standard InChI is InChI=1S/C21H29N5OS/c1-15(2)14-26-19(24-25-21(26)28-3)9-6-12-22-20(27)11-10-16-13-23-18-8-5-4-7-17(16)18/h4-5,7-8,13,15,23H,6,9-12,14H2,1-3H3,(H,22,27). The number of nitrogens with one attached hydrogen (secondary N) is 2. The van der Waals surface area contributed by atoms with Crippen molar-refractivity contribution in [2.45, 2.75) is 51.2 Å². The SMILES string of the molecule is CSc1nnc(CCCNC(=O)CCc2c[nH]c3ccccc23)n1CC(C)C. The second kappa shape index (κ2) is 9.78. The van der Waals surface area contributed by atoms with E-state index in [1.165, 1.54) is 10.9 Å². The lowest BCUT2D eigenvalue weighted by Crippen LogP contribution is -2.25. The number of aromatic amines is 1. The van der Waals surface area contributed by atoms with Gasteiger partial charge in [0.25, 0.3) is 0 Å². The van der Waals surface area contributed by atoms with Gasteiger partial charge in [-0.25, -0.2) is 0 Å². The summed E-state index contributed by atoms with van der Waals surface area (Å²) in [4.78, 5) is 15.4. The predicted molar refractivity (Wildman–Crippen MR) is 115 cm³/mol. The lowest BCUT2D eigenvalue weighted by Gasteiger charge is -2.11. The highest BCUT2D eigenvalue weighted by atomic mass is 32.2. The van der Waals surface area contributed by atoms with Gasteiger partial charge < -0.3 is 14.9 Å². The smallest absolute Gasteiger partial charge is 0.220 e. The Hall–Kier alpha value is -2.28. The lowest BCUT2D eigenvalue weighted by molar-refractivity contribution is -0.121. The molecular weight excluding hydrogens is 370 g/mol. The van der Waals surface area contributed by atoms with Crippen molar-refractivity contribution in [2.24, 2.45) is 5.92 Å². The molecule has 2 aromatic heterocycles. The van der Waals surface area contributed by atoms with E-state index < -0.39 is 0 Å². The summed E-state index contributed by atoms with van der Waals surface area (Å²) in [5.41, 5.74) is 2.31. The average molecular weight is 400 g/mol. The normalized spacial score (nSPS) is 11.4. The molecular formula is C21H29N5OS. The van der Waals surface area contributed by atoms with Gasteiger partial charge in [-0.15, -0.1) is 10.2 Å². The van der Waals surface area contributed by atoms with Crippen LogP contribution in [0.25, 0.3) is 10.9 Å². The number of aryl methyl sites for hydroxylation is 2. The predicted octanol–water partition coefficient (Wildman–Crippen LogP) is 3.82. The molecule has 0 fully saturated rings. The van der Waals surface area contributed by atoms with Gasteiger partial charge in [0, 0.05) is 43.0 Å². The number of hydrogen-bond donors (Lipinski definition) is 2. The van der Waals surface area contributed by atoms with E-state index in [2.05, 4.69) is 51.0 Å². The molecule has 2 N–H and O–H groups in total. The molecule has 2 heterocycles. The highest BCUT2D eigenvalue weighted by Gasteiger charge is 2.12. The maximum absolute atomic E-state index is 12.2. The van der Waals surface area contributed by atoms with Crippen molar-refractivity contribution in [3.05, 3.63) is 41.9 Å². The van der Waals surface area contributed by atoms with Crippen molar-refractivity contribution in [1.29, 1.82) is 0 Å². The molecule has 3 aromatic rings. The van der Waals surface area contributed by atoms with Gasteiger partial charge in [0.05, 0.1) is 0 Å². The molecule has 0 aliphatic heterocycles. The van der Waals surface area contributed by atoms with Gasteiger partial charge in [-0.1, -0.05) is 43.8 Å². The van der Waals surface area contributed by atoms with E-state index >= 15 is 0 Å². The first-order chi connectivity index (χ1) is 13.6. The third-order valence-electron chi connectivity index (χ3n) is 4.72. The minimum absolute atomic E-state index is 0.0960. The summed E-state index contributed by atoms with van der Waals surface area (Å²) < 4.78 is 2.20. The Balaban J connectivity index is 1.43. The first kappa shape index (κ1) is 20.5. The zero-order valence-electron chi connectivity index (χ0n) is 16.9. The van der Waals surface area contributed by atoms with E-state index in [9.17, 15) is 4.79 Å². The summed E-state index contributed by atoms with van der Waals surface area (Å²) in [6.07, 6.45) is 6.96. The number of hydrogen-bond acceptors (Lipinski definition) is 4. The van der Waals surface area contributed by atoms with Crippen LogP contribution in [0, 0.1) is 5.92 Å². The minimum atomic E-state index is 0.0960. The number of fused-ring (bicyclic) bond motifs is 1. The van der Waals surface area contributed by atoms with Crippen molar-refractivity contribution < 1.29 is 4.79 Å². The Morgan fingerprint density at radius 3 is 2.86 bits per heavy atom. The van der Waals surface area contributed by atoms with E-state index in [0.29, 0.717) is 18.9 Å². The van der Waals surface area contributed by atoms with E-state index in [4.69, 9.17) is 0 Å². The van der Waals surface area contributed by atoms with Crippen LogP contribution in [0.2, 0.25) is 0 Å². The number of amides is 1. The first-order valence-corrected chi connectivity index (χ1v) is 11.1. The van der Waals surface area contributed by atoms with E-state index in [1.807, 2.05) is 24.6 Å². The minimum Gasteiger partial charge on any atom is -0.361 e. The number of carbonyl (C=O) groups excluding carboxylic acids is 1. The van der Waals surface area contributed by atoms with Crippen LogP contribution in [0.5, 0.6) is 0 Å². The van der Waals surface area contributed by atoms with E-state index in [0.717, 1.165) is 42.3 Å². The van der Waals surface area contributed by atoms with Gasteiger partial charge in [-0.05, 0) is 36.6 Å². The number of thioether (sulfide) groups is 1. The van der Waals surface area contributed by atoms with Crippen molar-refractivity contribution in [1.82, 2.24) is 25.1 Å². The van der Waals surface area contributed by atoms with Crippen molar-refractivity contribution in [2.75, 3.05) is 12.8 Å². The molecule has 1 amide bonds. The number of nitrogens with zero attached hydrogens (tertiary/aromatic N) is 3. The van der Waals surface area contributed by atoms with Crippen LogP contribution in [-0.2, 0) is 24.2 Å². The average Bonchev–Trinajstić information content (AvgIpc) is 3.27. The van der Waals surface area contributed by atoms with Crippen molar-refractivity contribution in [3.63, 3.8) is 0 Å². The van der Waals surface area contributed by atoms with Crippen molar-refractivity contribution >= 4 is 28.6 Å². The number of benzene rings is 1. The van der Waals surface area contributed by atoms with Gasteiger partial charge in [-0.3, -0.25) is 4.79 Å². The molecule has 0 aliphatic rings. The highest BCUT2D eigenvalue weighted by molar-refractivity contribution is 7.98. The maximum atomic E-state index is 12.2. The topological polar surface area (TPSA) is 75.6 Å². The second-order valence-corrected chi connectivity index (χ2v) is 8.19. The first-order valence-electron chi connectivity index (χ1n) is 9.86. The number of carbonyl (C=O) groups is 1. The maximum Gasteiger partial charge on any atom is 0.220 e. The van der Waals surface area contributed by atoms with Crippen LogP contribution in [0.4, 0.5) is 0 Å². The molecule has 6 nitrogen and oxygen atoms in total. The fraction of sp³-hybridized carbons (Fsp3) is 0.476. The summed E-state index contributed by atoms with van der Waals surface area (Å²) in [5.74, 6) is 1.65. The third-order valence-corrected chi connectivity index (χ3v) is 5.39. The molecule has 150 valence electrons. The Kier molecular flexibility index (Phi) is 7.14. The summed E-state index contributed by atoms with van der Waals surface area (Å²) in [7, 11) is 0. The van der Waals surface area contributed by atoms with Crippen LogP contribution < -0.4 is 5.32 Å². The summed E-state index contributed by atoms with van der Waals surface area (Å²) in [5, 5.41) is 13.8. The number of aromatic nitrogens is 4. The quantitative estimate of drug-likeness (QED) is 0.401. The van der Waals surface area contributed by atoms with Gasteiger partial charge in [-0.2, -0.15) is 0 Å². The molecule has 0 unspecified atom stereocenters. The monoisotopic (exact) mass is 399 g/mol. The molecule has 0 saturated heterocycles. The van der Waals surface area contributed by atoms with Crippen LogP contribution in [0.3, 0.4) is 0 Å². The van der Waals surface area contributed by atoms with Crippen LogP contribution in [0.1, 0.15) is 38.1 Å². The fourth-order valence-electron chi connectivity index (χ4n) is 3.35. The summed E-state index contributed by atoms with van der Waals surface area (Å²) in [6, 6.07) is 8.19. The zero-order chi connectivity index (χ0) is 19.9. The number of para-hydroxylation sites is 1. The van der Waals surface area contributed by atoms with Crippen LogP contribution >= 0.6 is 11.8 Å². The Morgan fingerprint density at radius 2 is 2.07 bits per heavy atom. The number of rotatable bonds is 10. The molecule has 0 radical (unpaired) electrons. The second-order valence-electron chi connectivity index (χ2n) is 7.42. The highest BCUT2D eigenvalue weighted by Crippen LogP contribution is 2.19. The molecule has 0 bridgehead atoms. The summed E-state index contributed by atoms with van der Waals surface area (Å²) >= 11 is 1.63. The third kappa shape index (κ3) is 5.16.